The second kappa shape index (κ2) is 26.3. The van der Waals surface area contributed by atoms with E-state index in [4.69, 9.17) is 24.2 Å². The van der Waals surface area contributed by atoms with Crippen LogP contribution in [0.4, 0.5) is 0 Å². The SMILES string of the molecule is CCC(COCCCN=C(C)C(C)(C)N=C(C)C(Br)(Br)Br)(COCCCNC(=O)C(C)(C)NC(=O)C(Br)(Br)Br)COCCCNC(=O)C(C)(C)NC(=O)C(Br)(Br)Br. The van der Waals surface area contributed by atoms with Gasteiger partial charge in [-0.15, -0.1) is 0 Å². The summed E-state index contributed by atoms with van der Waals surface area (Å²) in [6, 6.07) is 0. The Morgan fingerprint density at radius 1 is 0.544 bits per heavy atom. The molecule has 4 amide bonds. The van der Waals surface area contributed by atoms with E-state index in [0.717, 1.165) is 11.4 Å². The first-order valence-corrected chi connectivity index (χ1v) is 25.2. The highest BCUT2D eigenvalue weighted by atomic mass is 80.0. The van der Waals surface area contributed by atoms with Crippen molar-refractivity contribution in [3.8, 4) is 0 Å². The zero-order chi connectivity index (χ0) is 44.5. The van der Waals surface area contributed by atoms with Crippen LogP contribution in [0.5, 0.6) is 0 Å². The fourth-order valence-electron chi connectivity index (χ4n) is 4.48. The summed E-state index contributed by atoms with van der Waals surface area (Å²) in [6.07, 6.45) is 2.53. The Hall–Kier alpha value is 1.42. The van der Waals surface area contributed by atoms with Crippen molar-refractivity contribution in [3.63, 3.8) is 0 Å². The molecule has 0 aliphatic heterocycles. The highest BCUT2D eigenvalue weighted by molar-refractivity contribution is 9.40. The molecule has 0 aliphatic carbocycles. The summed E-state index contributed by atoms with van der Waals surface area (Å²) in [6.45, 7) is 20.2. The molecule has 0 aliphatic rings. The van der Waals surface area contributed by atoms with Crippen molar-refractivity contribution in [2.24, 2.45) is 15.4 Å². The smallest absolute Gasteiger partial charge is 0.259 e. The number of hydrogen-bond acceptors (Lipinski definition) is 9. The van der Waals surface area contributed by atoms with Gasteiger partial charge in [-0.05, 0) is 177 Å². The molecular formula is C35H57Br9N6O7. The largest absolute Gasteiger partial charge is 0.381 e. The van der Waals surface area contributed by atoms with Crippen molar-refractivity contribution in [2.75, 3.05) is 59.3 Å². The first-order valence-electron chi connectivity index (χ1n) is 18.1. The monoisotopic (exact) mass is 1380 g/mol. The zero-order valence-corrected chi connectivity index (χ0v) is 48.1. The number of halogens is 9. The number of hydrogen-bond donors (Lipinski definition) is 4. The topological polar surface area (TPSA) is 169 Å². The highest BCUT2D eigenvalue weighted by Crippen LogP contribution is 2.37. The van der Waals surface area contributed by atoms with Crippen LogP contribution in [0, 0.1) is 5.41 Å². The molecule has 0 saturated carbocycles. The van der Waals surface area contributed by atoms with Crippen LogP contribution in [-0.2, 0) is 33.4 Å². The van der Waals surface area contributed by atoms with Crippen molar-refractivity contribution in [1.82, 2.24) is 21.3 Å². The molecule has 332 valence electrons. The summed E-state index contributed by atoms with van der Waals surface area (Å²) in [4.78, 5) is 59.7. The van der Waals surface area contributed by atoms with Gasteiger partial charge in [-0.2, -0.15) is 0 Å². The molecule has 0 aromatic rings. The van der Waals surface area contributed by atoms with Crippen LogP contribution in [0.25, 0.3) is 0 Å². The molecule has 0 saturated heterocycles. The van der Waals surface area contributed by atoms with Crippen molar-refractivity contribution in [3.05, 3.63) is 0 Å². The molecule has 0 unspecified atom stereocenters. The van der Waals surface area contributed by atoms with E-state index in [-0.39, 0.29) is 11.8 Å². The van der Waals surface area contributed by atoms with Gasteiger partial charge < -0.3 is 35.5 Å². The Kier molecular flexibility index (Phi) is 26.9. The van der Waals surface area contributed by atoms with Gasteiger partial charge in [0.25, 0.3) is 11.8 Å². The van der Waals surface area contributed by atoms with Crippen molar-refractivity contribution in [2.45, 2.75) is 111 Å². The predicted octanol–water partition coefficient (Wildman–Crippen LogP) is 8.84. The number of rotatable bonds is 25. The lowest BCUT2D eigenvalue weighted by Crippen LogP contribution is -2.57. The van der Waals surface area contributed by atoms with Gasteiger partial charge in [0.05, 0.1) is 25.4 Å². The number of carbonyl (C=O) groups is 4. The van der Waals surface area contributed by atoms with Gasteiger partial charge in [0.1, 0.15) is 11.1 Å². The van der Waals surface area contributed by atoms with Gasteiger partial charge in [-0.25, -0.2) is 0 Å². The Labute approximate surface area is 414 Å². The van der Waals surface area contributed by atoms with E-state index in [1.807, 2.05) is 27.7 Å². The van der Waals surface area contributed by atoms with Gasteiger partial charge in [0.2, 0.25) is 16.1 Å². The minimum Gasteiger partial charge on any atom is -0.381 e. The molecule has 0 atom stereocenters. The van der Waals surface area contributed by atoms with Crippen LogP contribution in [0.15, 0.2) is 9.98 Å². The van der Waals surface area contributed by atoms with E-state index in [2.05, 4.69) is 172 Å². The van der Waals surface area contributed by atoms with E-state index in [1.54, 1.807) is 27.7 Å². The molecule has 0 aromatic heterocycles. The molecule has 4 N–H and O–H groups in total. The second-order valence-corrected chi connectivity index (χ2v) is 35.2. The van der Waals surface area contributed by atoms with Crippen LogP contribution < -0.4 is 21.3 Å². The van der Waals surface area contributed by atoms with Gasteiger partial charge >= 0.3 is 0 Å². The number of nitrogens with one attached hydrogen (secondary N) is 4. The summed E-state index contributed by atoms with van der Waals surface area (Å²) >= 11 is 29.5. The maximum atomic E-state index is 12.8. The predicted molar refractivity (Wildman–Crippen MR) is 263 cm³/mol. The van der Waals surface area contributed by atoms with Gasteiger partial charge in [-0.1, -0.05) is 54.7 Å². The molecule has 0 radical (unpaired) electrons. The van der Waals surface area contributed by atoms with Crippen molar-refractivity contribution < 1.29 is 33.4 Å². The number of ether oxygens (including phenoxy) is 3. The summed E-state index contributed by atoms with van der Waals surface area (Å²) in [5.74, 6) is -1.55. The Balaban J connectivity index is 5.31. The number of carbonyl (C=O) groups excluding carboxylic acids is 4. The lowest BCUT2D eigenvalue weighted by Gasteiger charge is -2.32. The Morgan fingerprint density at radius 2 is 0.912 bits per heavy atom. The fourth-order valence-corrected chi connectivity index (χ4v) is 5.35. The molecule has 13 nitrogen and oxygen atoms in total. The Bertz CT molecular complexity index is 1320. The standard InChI is InChI=1S/C35H57Br9N6O7/c1-10-32(20-55-17-11-14-45-23(2)29(4,5)48-24(3)33(36,37)38,21-56-18-12-15-46-25(51)30(6,7)49-27(53)34(39,40)41)22-57-19-13-16-47-26(52)31(8,9)50-28(54)35(42,43)44/h10-22H2,1-9H3,(H,46,51)(H,47,52)(H,49,53)(H,50,54). The normalized spacial score (nSPS) is 14.0. The Morgan fingerprint density at radius 3 is 1.25 bits per heavy atom. The average molecular weight is 1390 g/mol. The lowest BCUT2D eigenvalue weighted by molar-refractivity contribution is -0.131. The maximum absolute atomic E-state index is 12.8. The van der Waals surface area contributed by atoms with Crippen LogP contribution in [0.1, 0.15) is 88.0 Å². The van der Waals surface area contributed by atoms with Gasteiger partial charge in [-0.3, -0.25) is 29.2 Å². The van der Waals surface area contributed by atoms with E-state index in [0.29, 0.717) is 85.0 Å². The average Bonchev–Trinajstić information content (AvgIpc) is 3.06. The van der Waals surface area contributed by atoms with Crippen LogP contribution in [-0.4, -0.2) is 117 Å². The third-order valence-corrected chi connectivity index (χ3v) is 12.4. The quantitative estimate of drug-likeness (QED) is 0.0403. The molecule has 0 fully saturated rings. The van der Waals surface area contributed by atoms with Crippen molar-refractivity contribution in [1.29, 1.82) is 0 Å². The molecule has 0 rings (SSSR count). The maximum Gasteiger partial charge on any atom is 0.259 e. The molecule has 22 heteroatoms. The highest BCUT2D eigenvalue weighted by Gasteiger charge is 2.38. The minimum absolute atomic E-state index is 0.328. The first kappa shape index (κ1) is 58.4. The number of alkyl halides is 9. The minimum atomic E-state index is -1.17. The van der Waals surface area contributed by atoms with Gasteiger partial charge in [0, 0.05) is 56.3 Å². The number of nitrogens with zero attached hydrogens (tertiary/aromatic N) is 2. The molecule has 0 spiro atoms. The van der Waals surface area contributed by atoms with Crippen molar-refractivity contribution >= 4 is 178 Å². The molecule has 0 aromatic carbocycles. The molecular weight excluding hydrogens is 1340 g/mol. The summed E-state index contributed by atoms with van der Waals surface area (Å²) in [5, 5.41) is 11.1. The van der Waals surface area contributed by atoms with E-state index in [1.165, 1.54) is 0 Å². The van der Waals surface area contributed by atoms with Crippen LogP contribution in [0.2, 0.25) is 0 Å². The van der Waals surface area contributed by atoms with Gasteiger partial charge in [0.15, 0.2) is 2.14 Å². The van der Waals surface area contributed by atoms with Crippen LogP contribution >= 0.6 is 143 Å². The molecule has 0 heterocycles. The number of aliphatic imine (C=N–C) groups is 2. The van der Waals surface area contributed by atoms with Crippen LogP contribution in [0.3, 0.4) is 0 Å². The van der Waals surface area contributed by atoms with E-state index < -0.39 is 40.3 Å². The summed E-state index contributed by atoms with van der Waals surface area (Å²) in [7, 11) is 0. The third-order valence-electron chi connectivity index (χ3n) is 8.52. The summed E-state index contributed by atoms with van der Waals surface area (Å²) in [5.41, 5.74) is -1.47. The van der Waals surface area contributed by atoms with E-state index in [9.17, 15) is 19.2 Å². The first-order chi connectivity index (χ1) is 25.8. The van der Waals surface area contributed by atoms with E-state index >= 15 is 0 Å². The molecule has 57 heavy (non-hydrogen) atoms. The third kappa shape index (κ3) is 24.2. The summed E-state index contributed by atoms with van der Waals surface area (Å²) < 4.78 is 15.5. The molecule has 0 bridgehead atoms. The zero-order valence-electron chi connectivity index (χ0n) is 33.8. The fraction of sp³-hybridized carbons (Fsp3) is 0.829. The second-order valence-electron chi connectivity index (χ2n) is 15.0. The number of amides is 4. The lowest BCUT2D eigenvalue weighted by atomic mass is 9.88.